The van der Waals surface area contributed by atoms with Crippen molar-refractivity contribution in [1.29, 1.82) is 0 Å². The highest BCUT2D eigenvalue weighted by Crippen LogP contribution is 2.51. The van der Waals surface area contributed by atoms with Crippen molar-refractivity contribution < 1.29 is 0 Å². The Balaban J connectivity index is 1.12. The van der Waals surface area contributed by atoms with Gasteiger partial charge in [0.15, 0.2) is 0 Å². The first kappa shape index (κ1) is 30.3. The van der Waals surface area contributed by atoms with Gasteiger partial charge in [0.25, 0.3) is 0 Å². The third-order valence-electron chi connectivity index (χ3n) is 11.7. The molecule has 0 spiro atoms. The number of fused-ring (bicyclic) bond motifs is 6. The molecule has 4 atom stereocenters. The Morgan fingerprint density at radius 2 is 1.51 bits per heavy atom. The van der Waals surface area contributed by atoms with E-state index in [1.807, 2.05) is 0 Å². The number of hydrogen-bond donors (Lipinski definition) is 0. The number of benzene rings is 3. The van der Waals surface area contributed by atoms with E-state index in [9.17, 15) is 0 Å². The van der Waals surface area contributed by atoms with Crippen molar-refractivity contribution in [3.8, 4) is 0 Å². The summed E-state index contributed by atoms with van der Waals surface area (Å²) in [6.07, 6.45) is 24.2. The lowest BCUT2D eigenvalue weighted by molar-refractivity contribution is 0.531. The Kier molecular flexibility index (Phi) is 7.20. The van der Waals surface area contributed by atoms with Crippen molar-refractivity contribution in [3.05, 3.63) is 177 Å². The number of aromatic nitrogens is 1. The molecule has 2 heterocycles. The molecule has 0 saturated carbocycles. The van der Waals surface area contributed by atoms with Crippen LogP contribution in [0.1, 0.15) is 91.7 Å². The maximum Gasteiger partial charge on any atom is 0.0629 e. The standard InChI is InChI=1S/C47H46N2/c1-31(2)48-44-23-20-34(28-42(44)40-22-19-32(3)25-46(40)48)35-21-24-45-41(27-35)39-17-11-12-18-43(39)49(45)38-26-36(33-13-7-5-8-14-33)29-47(4,30-38)37-15-9-6-10-16-37/h5-19,21-22,24,26-28,30-32,41,45H,20,23,25,29H2,1-4H3. The predicted octanol–water partition coefficient (Wildman–Crippen LogP) is 11.4. The molecule has 2 heteroatoms. The molecule has 0 N–H and O–H groups in total. The summed E-state index contributed by atoms with van der Waals surface area (Å²) in [4.78, 5) is 2.63. The van der Waals surface area contributed by atoms with Gasteiger partial charge in [0, 0.05) is 51.3 Å². The summed E-state index contributed by atoms with van der Waals surface area (Å²) in [5.74, 6) is 0.896. The molecule has 0 amide bonds. The second kappa shape index (κ2) is 11.7. The summed E-state index contributed by atoms with van der Waals surface area (Å²) in [5.41, 5.74) is 16.9. The minimum absolute atomic E-state index is 0.120. The van der Waals surface area contributed by atoms with E-state index in [0.29, 0.717) is 17.9 Å². The Morgan fingerprint density at radius 3 is 2.31 bits per heavy atom. The average Bonchev–Trinajstić information content (AvgIpc) is 3.64. The van der Waals surface area contributed by atoms with Crippen LogP contribution >= 0.6 is 0 Å². The lowest BCUT2D eigenvalue weighted by Gasteiger charge is -2.38. The minimum atomic E-state index is -0.120. The molecule has 4 aromatic rings. The summed E-state index contributed by atoms with van der Waals surface area (Å²) in [6.45, 7) is 9.46. The monoisotopic (exact) mass is 638 g/mol. The van der Waals surface area contributed by atoms with E-state index >= 15 is 0 Å². The second-order valence-corrected chi connectivity index (χ2v) is 15.4. The summed E-state index contributed by atoms with van der Waals surface area (Å²) < 4.78 is 2.66. The molecule has 4 unspecified atom stereocenters. The van der Waals surface area contributed by atoms with Gasteiger partial charge in [-0.2, -0.15) is 0 Å². The molecule has 0 fully saturated rings. The van der Waals surface area contributed by atoms with Crippen molar-refractivity contribution in [2.24, 2.45) is 5.92 Å². The van der Waals surface area contributed by atoms with Gasteiger partial charge in [0.1, 0.15) is 0 Å². The molecule has 0 radical (unpaired) electrons. The Labute approximate surface area is 292 Å². The lowest BCUT2D eigenvalue weighted by Crippen LogP contribution is -2.35. The molecule has 3 aromatic carbocycles. The summed E-state index contributed by atoms with van der Waals surface area (Å²) in [6, 6.07) is 31.9. The van der Waals surface area contributed by atoms with E-state index in [4.69, 9.17) is 0 Å². The molecular formula is C47H46N2. The van der Waals surface area contributed by atoms with Gasteiger partial charge in [-0.25, -0.2) is 0 Å². The maximum atomic E-state index is 2.66. The Morgan fingerprint density at radius 1 is 0.755 bits per heavy atom. The molecule has 2 nitrogen and oxygen atoms in total. The predicted molar refractivity (Wildman–Crippen MR) is 207 cm³/mol. The molecular weight excluding hydrogens is 593 g/mol. The topological polar surface area (TPSA) is 8.17 Å². The first-order valence-corrected chi connectivity index (χ1v) is 18.4. The average molecular weight is 639 g/mol. The van der Waals surface area contributed by atoms with Gasteiger partial charge in [-0.15, -0.1) is 0 Å². The lowest BCUT2D eigenvalue weighted by atomic mass is 9.72. The quantitative estimate of drug-likeness (QED) is 0.211. The van der Waals surface area contributed by atoms with Crippen LogP contribution in [0.2, 0.25) is 0 Å². The molecule has 49 heavy (non-hydrogen) atoms. The molecule has 9 rings (SSSR count). The fourth-order valence-electron chi connectivity index (χ4n) is 9.42. The number of para-hydroxylation sites is 1. The third-order valence-corrected chi connectivity index (χ3v) is 11.7. The van der Waals surface area contributed by atoms with E-state index < -0.39 is 0 Å². The molecule has 5 aliphatic rings. The van der Waals surface area contributed by atoms with Crippen molar-refractivity contribution in [1.82, 2.24) is 4.57 Å². The van der Waals surface area contributed by atoms with Gasteiger partial charge in [-0.3, -0.25) is 0 Å². The third kappa shape index (κ3) is 4.99. The highest BCUT2D eigenvalue weighted by atomic mass is 15.2. The number of hydrogen-bond acceptors (Lipinski definition) is 1. The van der Waals surface area contributed by atoms with Gasteiger partial charge in [-0.1, -0.05) is 129 Å². The summed E-state index contributed by atoms with van der Waals surface area (Å²) in [5, 5.41) is 0. The van der Waals surface area contributed by atoms with Gasteiger partial charge < -0.3 is 9.47 Å². The molecule has 244 valence electrons. The van der Waals surface area contributed by atoms with Crippen LogP contribution in [0.25, 0.3) is 17.7 Å². The van der Waals surface area contributed by atoms with E-state index in [-0.39, 0.29) is 11.5 Å². The highest BCUT2D eigenvalue weighted by molar-refractivity contribution is 5.80. The van der Waals surface area contributed by atoms with Gasteiger partial charge >= 0.3 is 0 Å². The van der Waals surface area contributed by atoms with E-state index in [1.165, 1.54) is 67.3 Å². The van der Waals surface area contributed by atoms with Crippen LogP contribution in [0.4, 0.5) is 5.69 Å². The van der Waals surface area contributed by atoms with E-state index in [1.54, 1.807) is 0 Å². The number of allylic oxidation sites excluding steroid dienone is 7. The van der Waals surface area contributed by atoms with Crippen LogP contribution in [0.15, 0.2) is 138 Å². The largest absolute Gasteiger partial charge is 0.345 e. The first-order chi connectivity index (χ1) is 23.9. The molecule has 0 saturated heterocycles. The second-order valence-electron chi connectivity index (χ2n) is 15.4. The SMILES string of the molecule is CC1C=Cc2c3c(n(C(C)C)c2C1)CCC(C1=CC2c4ccccc4N(C4=CC(C)(c5ccccc5)CC(c5ccccc5)=C4)C2C=C1)=C3. The van der Waals surface area contributed by atoms with Crippen LogP contribution in [-0.4, -0.2) is 10.6 Å². The molecule has 1 aliphatic heterocycles. The van der Waals surface area contributed by atoms with Crippen LogP contribution in [0.5, 0.6) is 0 Å². The van der Waals surface area contributed by atoms with Crippen molar-refractivity contribution in [2.45, 2.75) is 76.8 Å². The maximum absolute atomic E-state index is 2.66. The van der Waals surface area contributed by atoms with Crippen molar-refractivity contribution in [3.63, 3.8) is 0 Å². The van der Waals surface area contributed by atoms with E-state index in [2.05, 4.69) is 171 Å². The van der Waals surface area contributed by atoms with Crippen LogP contribution in [0.3, 0.4) is 0 Å². The zero-order valence-electron chi connectivity index (χ0n) is 29.2. The molecule has 0 bridgehead atoms. The highest BCUT2D eigenvalue weighted by Gasteiger charge is 2.41. The molecule has 1 aromatic heterocycles. The summed E-state index contributed by atoms with van der Waals surface area (Å²) in [7, 11) is 0. The van der Waals surface area contributed by atoms with Gasteiger partial charge in [0.2, 0.25) is 0 Å². The fourth-order valence-corrected chi connectivity index (χ4v) is 9.42. The van der Waals surface area contributed by atoms with E-state index in [0.717, 1.165) is 25.7 Å². The van der Waals surface area contributed by atoms with Crippen LogP contribution in [0, 0.1) is 5.92 Å². The summed E-state index contributed by atoms with van der Waals surface area (Å²) >= 11 is 0. The minimum Gasteiger partial charge on any atom is -0.345 e. The Bertz CT molecular complexity index is 2130. The number of rotatable bonds is 5. The normalized spacial score (nSPS) is 25.2. The molecule has 4 aliphatic carbocycles. The van der Waals surface area contributed by atoms with Gasteiger partial charge in [-0.05, 0) is 97.1 Å². The van der Waals surface area contributed by atoms with Crippen LogP contribution < -0.4 is 4.90 Å². The zero-order valence-corrected chi connectivity index (χ0v) is 29.2. The Hall–Kier alpha value is -4.82. The smallest absolute Gasteiger partial charge is 0.0629 e. The van der Waals surface area contributed by atoms with Gasteiger partial charge in [0.05, 0.1) is 6.04 Å². The van der Waals surface area contributed by atoms with Crippen molar-refractivity contribution in [2.75, 3.05) is 4.90 Å². The number of nitrogens with zero attached hydrogens (tertiary/aromatic N) is 2. The number of anilines is 1. The van der Waals surface area contributed by atoms with Crippen molar-refractivity contribution >= 4 is 23.4 Å². The first-order valence-electron chi connectivity index (χ1n) is 18.4. The van der Waals surface area contributed by atoms with Crippen LogP contribution in [-0.2, 0) is 18.3 Å². The fraction of sp³-hybridized carbons (Fsp3) is 0.277. The zero-order chi connectivity index (χ0) is 33.3.